The van der Waals surface area contributed by atoms with Crippen LogP contribution >= 0.6 is 0 Å². The van der Waals surface area contributed by atoms with Gasteiger partial charge in [-0.3, -0.25) is 9.78 Å². The van der Waals surface area contributed by atoms with Crippen LogP contribution in [0.3, 0.4) is 0 Å². The average molecular weight is 291 g/mol. The number of hydrogen-bond acceptors (Lipinski definition) is 4. The van der Waals surface area contributed by atoms with Crippen molar-refractivity contribution >= 4 is 5.97 Å². The maximum absolute atomic E-state index is 11.6. The van der Waals surface area contributed by atoms with E-state index in [1.54, 1.807) is 7.05 Å². The van der Waals surface area contributed by atoms with Gasteiger partial charge in [0, 0.05) is 30.9 Å². The number of carboxylic acid groups (broad SMARTS) is 1. The zero-order valence-electron chi connectivity index (χ0n) is 12.9. The molecule has 21 heavy (non-hydrogen) atoms. The first-order chi connectivity index (χ1) is 10.1. The van der Waals surface area contributed by atoms with Crippen LogP contribution in [0.4, 0.5) is 0 Å². The lowest BCUT2D eigenvalue weighted by molar-refractivity contribution is -0.147. The maximum Gasteiger partial charge on any atom is 0.323 e. The van der Waals surface area contributed by atoms with Gasteiger partial charge in [0.1, 0.15) is 5.54 Å². The highest BCUT2D eigenvalue weighted by atomic mass is 16.4. The molecule has 0 amide bonds. The molecular weight excluding hydrogens is 266 g/mol. The van der Waals surface area contributed by atoms with Crippen molar-refractivity contribution in [1.29, 1.82) is 0 Å². The Labute approximate surface area is 126 Å². The number of aliphatic carboxylic acids is 1. The fraction of sp³-hybridized carbons (Fsp3) is 0.625. The predicted molar refractivity (Wildman–Crippen MR) is 82.3 cm³/mol. The Morgan fingerprint density at radius 2 is 2.38 bits per heavy atom. The summed E-state index contributed by atoms with van der Waals surface area (Å²) in [6, 6.07) is 6.26. The van der Waals surface area contributed by atoms with E-state index in [9.17, 15) is 9.90 Å². The van der Waals surface area contributed by atoms with Crippen molar-refractivity contribution in [3.05, 3.63) is 30.1 Å². The van der Waals surface area contributed by atoms with Gasteiger partial charge in [0.25, 0.3) is 0 Å². The molecule has 2 N–H and O–H groups in total. The average Bonchev–Trinajstić information content (AvgIpc) is 2.53. The zero-order chi connectivity index (χ0) is 15.3. The van der Waals surface area contributed by atoms with Gasteiger partial charge in [-0.05, 0) is 51.9 Å². The zero-order valence-corrected chi connectivity index (χ0v) is 12.9. The molecule has 1 aliphatic rings. The number of hydrogen-bond donors (Lipinski definition) is 2. The first-order valence-corrected chi connectivity index (χ1v) is 7.60. The summed E-state index contributed by atoms with van der Waals surface area (Å²) in [6.45, 7) is 0.904. The molecule has 116 valence electrons. The van der Waals surface area contributed by atoms with Gasteiger partial charge in [-0.25, -0.2) is 0 Å². The molecule has 5 nitrogen and oxygen atoms in total. The lowest BCUT2D eigenvalue weighted by atomic mass is 9.78. The van der Waals surface area contributed by atoms with Gasteiger partial charge < -0.3 is 15.3 Å². The first kappa shape index (κ1) is 15.9. The first-order valence-electron chi connectivity index (χ1n) is 7.60. The lowest BCUT2D eigenvalue weighted by Crippen LogP contribution is -2.56. The molecule has 1 aromatic rings. The molecule has 1 aliphatic carbocycles. The molecule has 1 aromatic heterocycles. The van der Waals surface area contributed by atoms with Crippen LogP contribution in [0.15, 0.2) is 24.4 Å². The lowest BCUT2D eigenvalue weighted by Gasteiger charge is -2.41. The molecule has 2 unspecified atom stereocenters. The summed E-state index contributed by atoms with van der Waals surface area (Å²) in [6.07, 6.45) is 6.10. The highest BCUT2D eigenvalue weighted by Gasteiger charge is 2.42. The molecule has 5 heteroatoms. The van der Waals surface area contributed by atoms with E-state index < -0.39 is 11.5 Å². The summed E-state index contributed by atoms with van der Waals surface area (Å²) in [5, 5.41) is 12.5. The Balaban J connectivity index is 1.93. The van der Waals surface area contributed by atoms with Crippen LogP contribution in [0.25, 0.3) is 0 Å². The van der Waals surface area contributed by atoms with E-state index in [1.807, 2.05) is 24.4 Å². The second-order valence-corrected chi connectivity index (χ2v) is 5.94. The quantitative estimate of drug-likeness (QED) is 0.832. The number of nitrogens with zero attached hydrogens (tertiary/aromatic N) is 2. The maximum atomic E-state index is 11.6. The van der Waals surface area contributed by atoms with Crippen LogP contribution in [0.5, 0.6) is 0 Å². The Morgan fingerprint density at radius 3 is 3.00 bits per heavy atom. The molecule has 1 saturated carbocycles. The summed E-state index contributed by atoms with van der Waals surface area (Å²) < 4.78 is 0. The van der Waals surface area contributed by atoms with Crippen LogP contribution < -0.4 is 5.32 Å². The summed E-state index contributed by atoms with van der Waals surface area (Å²) >= 11 is 0. The molecule has 1 fully saturated rings. The Bertz CT molecular complexity index is 466. The van der Waals surface area contributed by atoms with Crippen molar-refractivity contribution in [2.45, 2.75) is 43.7 Å². The van der Waals surface area contributed by atoms with Gasteiger partial charge in [-0.1, -0.05) is 6.07 Å². The normalized spacial score (nSPS) is 26.0. The molecule has 0 spiro atoms. The molecule has 0 aliphatic heterocycles. The number of aromatic nitrogens is 1. The van der Waals surface area contributed by atoms with Gasteiger partial charge >= 0.3 is 5.97 Å². The number of rotatable bonds is 6. The van der Waals surface area contributed by atoms with Crippen molar-refractivity contribution < 1.29 is 9.90 Å². The molecule has 0 bridgehead atoms. The number of nitrogens with one attached hydrogen (secondary N) is 1. The Kier molecular flexibility index (Phi) is 5.31. The van der Waals surface area contributed by atoms with Gasteiger partial charge in [0.15, 0.2) is 0 Å². The summed E-state index contributed by atoms with van der Waals surface area (Å²) in [4.78, 5) is 18.2. The molecular formula is C16H25N3O2. The topological polar surface area (TPSA) is 65.5 Å². The summed E-state index contributed by atoms with van der Waals surface area (Å²) in [7, 11) is 3.84. The third-order valence-electron chi connectivity index (χ3n) is 4.68. The second-order valence-electron chi connectivity index (χ2n) is 5.94. The van der Waals surface area contributed by atoms with E-state index >= 15 is 0 Å². The molecule has 0 radical (unpaired) electrons. The highest BCUT2D eigenvalue weighted by Crippen LogP contribution is 2.31. The fourth-order valence-electron chi connectivity index (χ4n) is 3.17. The molecule has 2 atom stereocenters. The van der Waals surface area contributed by atoms with E-state index in [2.05, 4.69) is 22.2 Å². The third-order valence-corrected chi connectivity index (χ3v) is 4.68. The van der Waals surface area contributed by atoms with Gasteiger partial charge in [-0.2, -0.15) is 0 Å². The highest BCUT2D eigenvalue weighted by molar-refractivity contribution is 5.79. The van der Waals surface area contributed by atoms with Gasteiger partial charge in [0.05, 0.1) is 0 Å². The monoisotopic (exact) mass is 291 g/mol. The van der Waals surface area contributed by atoms with Crippen LogP contribution in [0.1, 0.15) is 31.4 Å². The van der Waals surface area contributed by atoms with E-state index in [4.69, 9.17) is 0 Å². The van der Waals surface area contributed by atoms with Crippen LogP contribution in [0, 0.1) is 0 Å². The number of carbonyl (C=O) groups is 1. The van der Waals surface area contributed by atoms with Crippen LogP contribution in [-0.2, 0) is 11.2 Å². The van der Waals surface area contributed by atoms with Crippen molar-refractivity contribution in [3.63, 3.8) is 0 Å². The van der Waals surface area contributed by atoms with E-state index in [0.717, 1.165) is 31.5 Å². The van der Waals surface area contributed by atoms with Crippen molar-refractivity contribution in [2.75, 3.05) is 20.6 Å². The molecule has 0 saturated heterocycles. The molecule has 0 aromatic carbocycles. The second kappa shape index (κ2) is 7.00. The Morgan fingerprint density at radius 1 is 1.57 bits per heavy atom. The van der Waals surface area contributed by atoms with Gasteiger partial charge in [-0.15, -0.1) is 0 Å². The van der Waals surface area contributed by atoms with Gasteiger partial charge in [0.2, 0.25) is 0 Å². The fourth-order valence-corrected chi connectivity index (χ4v) is 3.17. The van der Waals surface area contributed by atoms with Crippen LogP contribution in [-0.4, -0.2) is 53.2 Å². The molecule has 2 rings (SSSR count). The van der Waals surface area contributed by atoms with Crippen LogP contribution in [0.2, 0.25) is 0 Å². The van der Waals surface area contributed by atoms with E-state index in [1.165, 1.54) is 0 Å². The third kappa shape index (κ3) is 3.80. The smallest absolute Gasteiger partial charge is 0.323 e. The Hall–Kier alpha value is -1.46. The van der Waals surface area contributed by atoms with E-state index in [-0.39, 0.29) is 0 Å². The predicted octanol–water partition coefficient (Wildman–Crippen LogP) is 1.54. The standard InChI is InChI=1S/C16H25N3O2/c1-17-16(15(20)21)9-5-7-14(12-16)19(2)11-8-13-6-3-4-10-18-13/h3-4,6,10,14,17H,5,7-9,11-12H2,1-2H3,(H,20,21). The van der Waals surface area contributed by atoms with Crippen molar-refractivity contribution in [1.82, 2.24) is 15.2 Å². The SMILES string of the molecule is CNC1(C(=O)O)CCCC(N(C)CCc2ccccn2)C1. The van der Waals surface area contributed by atoms with E-state index in [0.29, 0.717) is 18.9 Å². The van der Waals surface area contributed by atoms with Crippen molar-refractivity contribution in [2.24, 2.45) is 0 Å². The van der Waals surface area contributed by atoms with Crippen molar-refractivity contribution in [3.8, 4) is 0 Å². The largest absolute Gasteiger partial charge is 0.480 e. The minimum Gasteiger partial charge on any atom is -0.480 e. The molecule has 1 heterocycles. The number of carboxylic acids is 1. The number of pyridine rings is 1. The number of likely N-dealkylation sites (N-methyl/N-ethyl adjacent to an activating group) is 2. The minimum atomic E-state index is -0.762. The summed E-state index contributed by atoms with van der Waals surface area (Å²) in [5.41, 5.74) is 0.320. The minimum absolute atomic E-state index is 0.311. The summed E-state index contributed by atoms with van der Waals surface area (Å²) in [5.74, 6) is -0.729.